The lowest BCUT2D eigenvalue weighted by molar-refractivity contribution is -0.384. The molecule has 0 atom stereocenters. The van der Waals surface area contributed by atoms with Crippen LogP contribution in [0, 0.1) is 10.1 Å². The van der Waals surface area contributed by atoms with Crippen molar-refractivity contribution in [1.29, 1.82) is 0 Å². The van der Waals surface area contributed by atoms with Crippen LogP contribution >= 0.6 is 23.2 Å². The van der Waals surface area contributed by atoms with Gasteiger partial charge in [0.2, 0.25) is 0 Å². The monoisotopic (exact) mass is 382 g/mol. The van der Waals surface area contributed by atoms with E-state index in [4.69, 9.17) is 27.9 Å². The van der Waals surface area contributed by atoms with Crippen molar-refractivity contribution in [1.82, 2.24) is 5.32 Å². The molecule has 0 saturated carbocycles. The molecule has 0 spiro atoms. The van der Waals surface area contributed by atoms with Crippen LogP contribution < -0.4 is 10.1 Å². The zero-order chi connectivity index (χ0) is 18.4. The standard InChI is InChI=1S/C16H12Cl2N2O5/c17-12-2-1-10(14(18)6-12)7-19-16(22)9-25-15-4-3-13(20(23)24)5-11(15)8-21/h1-6,8H,7,9H2,(H,19,22). The van der Waals surface area contributed by atoms with Gasteiger partial charge in [-0.15, -0.1) is 0 Å². The molecule has 130 valence electrons. The summed E-state index contributed by atoms with van der Waals surface area (Å²) in [5, 5.41) is 14.2. The van der Waals surface area contributed by atoms with Crippen LogP contribution in [0.3, 0.4) is 0 Å². The Morgan fingerprint density at radius 2 is 2.00 bits per heavy atom. The van der Waals surface area contributed by atoms with Gasteiger partial charge in [0.15, 0.2) is 12.9 Å². The SMILES string of the molecule is O=Cc1cc([N+](=O)[O-])ccc1OCC(=O)NCc1ccc(Cl)cc1Cl. The number of amides is 1. The van der Waals surface area contributed by atoms with Crippen molar-refractivity contribution in [3.05, 3.63) is 67.7 Å². The van der Waals surface area contributed by atoms with Gasteiger partial charge in [-0.05, 0) is 23.8 Å². The Hall–Kier alpha value is -2.64. The second kappa shape index (κ2) is 8.46. The number of nitrogens with one attached hydrogen (secondary N) is 1. The van der Waals surface area contributed by atoms with Crippen LogP contribution in [-0.2, 0) is 11.3 Å². The number of benzene rings is 2. The Labute approximate surface area is 152 Å². The summed E-state index contributed by atoms with van der Waals surface area (Å²) in [6, 6.07) is 8.44. The topological polar surface area (TPSA) is 98.5 Å². The average Bonchev–Trinajstić information content (AvgIpc) is 2.58. The van der Waals surface area contributed by atoms with Crippen LogP contribution in [0.4, 0.5) is 5.69 Å². The van der Waals surface area contributed by atoms with Crippen molar-refractivity contribution in [3.8, 4) is 5.75 Å². The van der Waals surface area contributed by atoms with Crippen LogP contribution in [0.1, 0.15) is 15.9 Å². The predicted molar refractivity (Wildman–Crippen MR) is 92.3 cm³/mol. The molecule has 0 aromatic heterocycles. The van der Waals surface area contributed by atoms with Crippen LogP contribution in [0.2, 0.25) is 10.0 Å². The van der Waals surface area contributed by atoms with E-state index in [1.807, 2.05) is 0 Å². The van der Waals surface area contributed by atoms with Gasteiger partial charge in [-0.2, -0.15) is 0 Å². The van der Waals surface area contributed by atoms with Crippen LogP contribution in [0.5, 0.6) is 5.75 Å². The maximum absolute atomic E-state index is 11.8. The molecule has 0 aliphatic heterocycles. The number of nitrogens with zero attached hydrogens (tertiary/aromatic N) is 1. The maximum Gasteiger partial charge on any atom is 0.270 e. The molecule has 2 aromatic carbocycles. The first kappa shape index (κ1) is 18.7. The number of non-ortho nitro benzene ring substituents is 1. The largest absolute Gasteiger partial charge is 0.483 e. The number of hydrogen-bond acceptors (Lipinski definition) is 5. The Kier molecular flexibility index (Phi) is 6.32. The van der Waals surface area contributed by atoms with Gasteiger partial charge in [0.25, 0.3) is 11.6 Å². The number of carbonyl (C=O) groups is 2. The number of halogens is 2. The number of nitro groups is 1. The molecule has 0 unspecified atom stereocenters. The maximum atomic E-state index is 11.8. The quantitative estimate of drug-likeness (QED) is 0.449. The smallest absolute Gasteiger partial charge is 0.270 e. The minimum absolute atomic E-state index is 0.0113. The molecule has 0 aliphatic carbocycles. The fraction of sp³-hybridized carbons (Fsp3) is 0.125. The highest BCUT2D eigenvalue weighted by molar-refractivity contribution is 6.35. The first-order valence-electron chi connectivity index (χ1n) is 6.97. The molecule has 0 heterocycles. The van der Waals surface area contributed by atoms with Gasteiger partial charge in [0, 0.05) is 28.7 Å². The summed E-state index contributed by atoms with van der Waals surface area (Å²) in [5.74, 6) is -0.360. The fourth-order valence-electron chi connectivity index (χ4n) is 1.93. The van der Waals surface area contributed by atoms with Crippen molar-refractivity contribution in [2.24, 2.45) is 0 Å². The average molecular weight is 383 g/mol. The second-order valence-corrected chi connectivity index (χ2v) is 5.74. The number of aldehydes is 1. The molecule has 1 amide bonds. The van der Waals surface area contributed by atoms with E-state index in [0.717, 1.165) is 6.07 Å². The molecule has 2 rings (SSSR count). The minimum atomic E-state index is -0.626. The first-order valence-corrected chi connectivity index (χ1v) is 7.73. The van der Waals surface area contributed by atoms with Crippen LogP contribution in [-0.4, -0.2) is 23.7 Å². The van der Waals surface area contributed by atoms with Crippen molar-refractivity contribution in [2.45, 2.75) is 6.54 Å². The van der Waals surface area contributed by atoms with Crippen molar-refractivity contribution < 1.29 is 19.2 Å². The Morgan fingerprint density at radius 3 is 2.64 bits per heavy atom. The molecular formula is C16H12Cl2N2O5. The summed E-state index contributed by atoms with van der Waals surface area (Å²) in [5.41, 5.74) is 0.433. The zero-order valence-electron chi connectivity index (χ0n) is 12.7. The molecular weight excluding hydrogens is 371 g/mol. The highest BCUT2D eigenvalue weighted by Crippen LogP contribution is 2.23. The van der Waals surface area contributed by atoms with E-state index in [9.17, 15) is 19.7 Å². The predicted octanol–water partition coefficient (Wildman–Crippen LogP) is 3.41. The highest BCUT2D eigenvalue weighted by Gasteiger charge is 2.13. The normalized spacial score (nSPS) is 10.2. The third-order valence-electron chi connectivity index (χ3n) is 3.18. The summed E-state index contributed by atoms with van der Waals surface area (Å²) in [6.07, 6.45) is 0.424. The molecule has 0 bridgehead atoms. The minimum Gasteiger partial charge on any atom is -0.483 e. The summed E-state index contributed by atoms with van der Waals surface area (Å²) in [7, 11) is 0. The van der Waals surface area contributed by atoms with E-state index >= 15 is 0 Å². The number of hydrogen-bond donors (Lipinski definition) is 1. The van der Waals surface area contributed by atoms with Crippen LogP contribution in [0.25, 0.3) is 0 Å². The summed E-state index contributed by atoms with van der Waals surface area (Å²) >= 11 is 11.8. The Balaban J connectivity index is 1.93. The molecule has 0 fully saturated rings. The Bertz CT molecular complexity index is 826. The zero-order valence-corrected chi connectivity index (χ0v) is 14.2. The van der Waals surface area contributed by atoms with E-state index in [1.54, 1.807) is 18.2 Å². The third-order valence-corrected chi connectivity index (χ3v) is 3.77. The molecule has 0 aliphatic rings. The third kappa shape index (κ3) is 5.17. The van der Waals surface area contributed by atoms with Gasteiger partial charge < -0.3 is 10.1 Å². The molecule has 7 nitrogen and oxygen atoms in total. The van der Waals surface area contributed by atoms with Crippen molar-refractivity contribution >= 4 is 41.1 Å². The Morgan fingerprint density at radius 1 is 1.24 bits per heavy atom. The summed E-state index contributed by atoms with van der Waals surface area (Å²) in [4.78, 5) is 32.9. The number of nitro benzene ring substituents is 1. The lowest BCUT2D eigenvalue weighted by Crippen LogP contribution is -2.28. The van der Waals surface area contributed by atoms with E-state index in [1.165, 1.54) is 12.1 Å². The first-order chi connectivity index (χ1) is 11.9. The van der Waals surface area contributed by atoms with Crippen molar-refractivity contribution in [3.63, 3.8) is 0 Å². The van der Waals surface area contributed by atoms with Gasteiger partial charge in [-0.1, -0.05) is 29.3 Å². The summed E-state index contributed by atoms with van der Waals surface area (Å²) < 4.78 is 5.24. The molecule has 2 aromatic rings. The molecule has 0 saturated heterocycles. The van der Waals surface area contributed by atoms with E-state index < -0.39 is 10.8 Å². The van der Waals surface area contributed by atoms with E-state index in [0.29, 0.717) is 21.9 Å². The molecule has 9 heteroatoms. The van der Waals surface area contributed by atoms with Crippen LogP contribution in [0.15, 0.2) is 36.4 Å². The van der Waals surface area contributed by atoms with E-state index in [-0.39, 0.29) is 30.2 Å². The number of rotatable bonds is 7. The fourth-order valence-corrected chi connectivity index (χ4v) is 2.40. The van der Waals surface area contributed by atoms with Gasteiger partial charge in [-0.25, -0.2) is 0 Å². The van der Waals surface area contributed by atoms with Crippen molar-refractivity contribution in [2.75, 3.05) is 6.61 Å². The second-order valence-electron chi connectivity index (χ2n) is 4.90. The van der Waals surface area contributed by atoms with E-state index in [2.05, 4.69) is 5.32 Å². The van der Waals surface area contributed by atoms with Gasteiger partial charge in [0.1, 0.15) is 5.75 Å². The highest BCUT2D eigenvalue weighted by atomic mass is 35.5. The lowest BCUT2D eigenvalue weighted by atomic mass is 10.2. The summed E-state index contributed by atoms with van der Waals surface area (Å²) in [6.45, 7) is -0.178. The number of ether oxygens (including phenoxy) is 1. The number of carbonyl (C=O) groups excluding carboxylic acids is 2. The molecule has 0 radical (unpaired) electrons. The van der Waals surface area contributed by atoms with Gasteiger partial charge in [0.05, 0.1) is 10.5 Å². The molecule has 1 N–H and O–H groups in total. The molecule has 25 heavy (non-hydrogen) atoms. The van der Waals surface area contributed by atoms with Gasteiger partial charge in [-0.3, -0.25) is 19.7 Å². The van der Waals surface area contributed by atoms with Gasteiger partial charge >= 0.3 is 0 Å². The lowest BCUT2D eigenvalue weighted by Gasteiger charge is -2.10.